The fourth-order valence-corrected chi connectivity index (χ4v) is 0.223. The van der Waals surface area contributed by atoms with Gasteiger partial charge in [0.2, 0.25) is 5.91 Å². The van der Waals surface area contributed by atoms with E-state index in [1.54, 1.807) is 18.9 Å². The molecule has 3 nitrogen and oxygen atoms in total. The zero-order valence-corrected chi connectivity index (χ0v) is 6.64. The molecule has 0 aromatic carbocycles. The van der Waals surface area contributed by atoms with Gasteiger partial charge in [-0.1, -0.05) is 0 Å². The van der Waals surface area contributed by atoms with Crippen LogP contribution in [0, 0.1) is 0 Å². The molecule has 0 unspecified atom stereocenters. The highest BCUT2D eigenvalue weighted by molar-refractivity contribution is 5.72. The largest absolute Gasteiger partial charge is 0.346 e. The summed E-state index contributed by atoms with van der Waals surface area (Å²) in [4.78, 5) is 12.0. The van der Waals surface area contributed by atoms with Gasteiger partial charge in [-0.15, -0.1) is 0 Å². The van der Waals surface area contributed by atoms with Crippen LogP contribution in [0.15, 0.2) is 0 Å². The highest BCUT2D eigenvalue weighted by Crippen LogP contribution is 1.78. The first-order valence-electron chi connectivity index (χ1n) is 2.98. The summed E-state index contributed by atoms with van der Waals surface area (Å²) in [5.41, 5.74) is 4.50. The molecule has 0 aromatic rings. The van der Waals surface area contributed by atoms with Crippen LogP contribution in [-0.2, 0) is 4.79 Å². The predicted molar refractivity (Wildman–Crippen MR) is 39.1 cm³/mol. The second-order valence-corrected chi connectivity index (χ2v) is 1.53. The van der Waals surface area contributed by atoms with E-state index < -0.39 is 0 Å². The maximum Gasteiger partial charge on any atom is 0.219 e. The van der Waals surface area contributed by atoms with E-state index in [2.05, 4.69) is 5.73 Å². The van der Waals surface area contributed by atoms with Gasteiger partial charge in [-0.05, 0) is 14.0 Å². The average Bonchev–Trinajstić information content (AvgIpc) is 1.91. The van der Waals surface area contributed by atoms with Crippen molar-refractivity contribution in [3.8, 4) is 0 Å². The van der Waals surface area contributed by atoms with Gasteiger partial charge in [-0.2, -0.15) is 0 Å². The molecule has 0 spiro atoms. The molecule has 0 aliphatic rings. The molecule has 0 saturated heterocycles. The average molecular weight is 132 g/mol. The summed E-state index contributed by atoms with van der Waals surface area (Å²) in [5, 5.41) is 0. The first-order valence-corrected chi connectivity index (χ1v) is 2.98. The minimum Gasteiger partial charge on any atom is -0.346 e. The Morgan fingerprint density at radius 1 is 1.56 bits per heavy atom. The van der Waals surface area contributed by atoms with Crippen molar-refractivity contribution < 1.29 is 4.79 Å². The number of hydrogen-bond acceptors (Lipinski definition) is 2. The van der Waals surface area contributed by atoms with Gasteiger partial charge in [-0.25, -0.2) is 0 Å². The van der Waals surface area contributed by atoms with E-state index in [-0.39, 0.29) is 5.91 Å². The molecule has 0 radical (unpaired) electrons. The minimum atomic E-state index is 0.127. The van der Waals surface area contributed by atoms with Gasteiger partial charge in [0.05, 0.1) is 0 Å². The third kappa shape index (κ3) is 7.43. The van der Waals surface area contributed by atoms with Crippen molar-refractivity contribution in [1.29, 1.82) is 0 Å². The third-order valence-electron chi connectivity index (χ3n) is 1.01. The SMILES string of the molecule is CCN(C)C(C)=O.CN. The molecule has 0 bridgehead atoms. The number of nitrogens with zero attached hydrogens (tertiary/aromatic N) is 1. The quantitative estimate of drug-likeness (QED) is 0.548. The van der Waals surface area contributed by atoms with Crippen LogP contribution < -0.4 is 5.73 Å². The van der Waals surface area contributed by atoms with Crippen LogP contribution in [0.1, 0.15) is 13.8 Å². The number of carbonyl (C=O) groups is 1. The topological polar surface area (TPSA) is 46.3 Å². The molecule has 56 valence electrons. The van der Waals surface area contributed by atoms with Gasteiger partial charge in [0.1, 0.15) is 0 Å². The maximum absolute atomic E-state index is 10.3. The molecule has 0 atom stereocenters. The fraction of sp³-hybridized carbons (Fsp3) is 0.833. The molecular weight excluding hydrogens is 116 g/mol. The van der Waals surface area contributed by atoms with E-state index in [0.29, 0.717) is 0 Å². The molecular formula is C6H16N2O. The van der Waals surface area contributed by atoms with Gasteiger partial charge in [0.25, 0.3) is 0 Å². The van der Waals surface area contributed by atoms with Gasteiger partial charge in [0, 0.05) is 20.5 Å². The molecule has 9 heavy (non-hydrogen) atoms. The molecule has 0 aliphatic heterocycles. The van der Waals surface area contributed by atoms with Crippen LogP contribution in [-0.4, -0.2) is 31.4 Å². The Morgan fingerprint density at radius 3 is 1.89 bits per heavy atom. The van der Waals surface area contributed by atoms with Crippen LogP contribution in [0.4, 0.5) is 0 Å². The molecule has 0 saturated carbocycles. The summed E-state index contributed by atoms with van der Waals surface area (Å²) in [6.45, 7) is 4.31. The number of hydrogen-bond donors (Lipinski definition) is 1. The zero-order valence-electron chi connectivity index (χ0n) is 6.64. The Bertz CT molecular complexity index is 73.5. The molecule has 0 heterocycles. The molecule has 0 fully saturated rings. The second-order valence-electron chi connectivity index (χ2n) is 1.53. The summed E-state index contributed by atoms with van der Waals surface area (Å²) >= 11 is 0. The maximum atomic E-state index is 10.3. The summed E-state index contributed by atoms with van der Waals surface area (Å²) < 4.78 is 0. The van der Waals surface area contributed by atoms with E-state index in [9.17, 15) is 4.79 Å². The van der Waals surface area contributed by atoms with Crippen LogP contribution in [0.25, 0.3) is 0 Å². The van der Waals surface area contributed by atoms with Crippen molar-refractivity contribution in [3.63, 3.8) is 0 Å². The standard InChI is InChI=1S/C5H11NO.CH5N/c1-4-6(3)5(2)7;1-2/h4H2,1-3H3;2H2,1H3. The van der Waals surface area contributed by atoms with E-state index in [4.69, 9.17) is 0 Å². The molecule has 3 heteroatoms. The summed E-state index contributed by atoms with van der Waals surface area (Å²) in [5.74, 6) is 0.127. The fourth-order valence-electron chi connectivity index (χ4n) is 0.223. The molecule has 0 aromatic heterocycles. The lowest BCUT2D eigenvalue weighted by Crippen LogP contribution is -2.22. The first-order chi connectivity index (χ1) is 4.18. The normalized spacial score (nSPS) is 7.22. The molecule has 0 rings (SSSR count). The van der Waals surface area contributed by atoms with Crippen LogP contribution in [0.5, 0.6) is 0 Å². The number of nitrogens with two attached hydrogens (primary N) is 1. The second kappa shape index (κ2) is 7.43. The van der Waals surface area contributed by atoms with Crippen molar-refractivity contribution in [2.45, 2.75) is 13.8 Å². The summed E-state index contributed by atoms with van der Waals surface area (Å²) in [6, 6.07) is 0. The Hall–Kier alpha value is -0.570. The number of carbonyl (C=O) groups excluding carboxylic acids is 1. The Balaban J connectivity index is 0. The lowest BCUT2D eigenvalue weighted by atomic mass is 10.6. The third-order valence-corrected chi connectivity index (χ3v) is 1.01. The van der Waals surface area contributed by atoms with Gasteiger partial charge < -0.3 is 10.6 Å². The van der Waals surface area contributed by atoms with Gasteiger partial charge in [-0.3, -0.25) is 4.79 Å². The van der Waals surface area contributed by atoms with Crippen molar-refractivity contribution in [3.05, 3.63) is 0 Å². The number of rotatable bonds is 1. The highest BCUT2D eigenvalue weighted by atomic mass is 16.2. The molecule has 2 N–H and O–H groups in total. The van der Waals surface area contributed by atoms with E-state index in [1.165, 1.54) is 7.05 Å². The molecule has 1 amide bonds. The van der Waals surface area contributed by atoms with Crippen LogP contribution in [0.2, 0.25) is 0 Å². The van der Waals surface area contributed by atoms with E-state index >= 15 is 0 Å². The molecule has 0 aliphatic carbocycles. The van der Waals surface area contributed by atoms with Crippen molar-refractivity contribution in [2.24, 2.45) is 5.73 Å². The lowest BCUT2D eigenvalue weighted by Gasteiger charge is -2.09. The predicted octanol–water partition coefficient (Wildman–Crippen LogP) is 0.0595. The van der Waals surface area contributed by atoms with Gasteiger partial charge in [0.15, 0.2) is 0 Å². The lowest BCUT2D eigenvalue weighted by molar-refractivity contribution is -0.127. The van der Waals surface area contributed by atoms with E-state index in [1.807, 2.05) is 6.92 Å². The van der Waals surface area contributed by atoms with E-state index in [0.717, 1.165) is 6.54 Å². The number of amides is 1. The van der Waals surface area contributed by atoms with Crippen molar-refractivity contribution >= 4 is 5.91 Å². The Morgan fingerprint density at radius 2 is 1.89 bits per heavy atom. The monoisotopic (exact) mass is 132 g/mol. The van der Waals surface area contributed by atoms with Crippen LogP contribution >= 0.6 is 0 Å². The van der Waals surface area contributed by atoms with Crippen molar-refractivity contribution in [2.75, 3.05) is 20.6 Å². The van der Waals surface area contributed by atoms with Crippen LogP contribution in [0.3, 0.4) is 0 Å². The Kier molecular flexibility index (Phi) is 9.29. The van der Waals surface area contributed by atoms with Gasteiger partial charge >= 0.3 is 0 Å². The Labute approximate surface area is 56.8 Å². The minimum absolute atomic E-state index is 0.127. The zero-order chi connectivity index (χ0) is 7.86. The smallest absolute Gasteiger partial charge is 0.219 e. The summed E-state index contributed by atoms with van der Waals surface area (Å²) in [6.07, 6.45) is 0. The van der Waals surface area contributed by atoms with Crippen molar-refractivity contribution in [1.82, 2.24) is 4.90 Å². The summed E-state index contributed by atoms with van der Waals surface area (Å²) in [7, 11) is 3.28. The highest BCUT2D eigenvalue weighted by Gasteiger charge is 1.93. The first kappa shape index (κ1) is 11.3.